The summed E-state index contributed by atoms with van der Waals surface area (Å²) in [6, 6.07) is 15.8. The lowest BCUT2D eigenvalue weighted by Gasteiger charge is -2.23. The second-order valence-corrected chi connectivity index (χ2v) is 6.01. The largest absolute Gasteiger partial charge is 0.493 e. The van der Waals surface area contributed by atoms with Gasteiger partial charge in [0.2, 0.25) is 5.91 Å². The number of rotatable bonds is 10. The van der Waals surface area contributed by atoms with Gasteiger partial charge in [0.15, 0.2) is 11.5 Å². The lowest BCUT2D eigenvalue weighted by atomic mass is 10.2. The Kier molecular flexibility index (Phi) is 8.23. The topological polar surface area (TPSA) is 50.8 Å². The van der Waals surface area contributed by atoms with E-state index < -0.39 is 0 Å². The number of carbonyl (C=O) groups is 1. The molecule has 144 valence electrons. The molecule has 1 N–H and O–H groups in total. The Morgan fingerprint density at radius 3 is 2.48 bits per heavy atom. The van der Waals surface area contributed by atoms with Crippen LogP contribution in [0.25, 0.3) is 6.08 Å². The number of carbonyl (C=O) groups excluding carboxylic acids is 1. The van der Waals surface area contributed by atoms with Crippen LogP contribution in [0.4, 0.5) is 5.69 Å². The minimum Gasteiger partial charge on any atom is -0.493 e. The fourth-order valence-electron chi connectivity index (χ4n) is 2.78. The number of nitrogens with one attached hydrogen (secondary N) is 1. The molecule has 2 aromatic rings. The maximum Gasteiger partial charge on any atom is 0.244 e. The van der Waals surface area contributed by atoms with Crippen LogP contribution in [-0.2, 0) is 4.79 Å². The lowest BCUT2D eigenvalue weighted by molar-refractivity contribution is -0.116. The summed E-state index contributed by atoms with van der Waals surface area (Å²) in [4.78, 5) is 14.3. The Hall–Kier alpha value is -2.95. The predicted octanol–water partition coefficient (Wildman–Crippen LogP) is 3.75. The van der Waals surface area contributed by atoms with Gasteiger partial charge in [-0.15, -0.1) is 0 Å². The molecule has 0 aliphatic carbocycles. The number of hydrogen-bond acceptors (Lipinski definition) is 4. The van der Waals surface area contributed by atoms with Crippen LogP contribution in [0.3, 0.4) is 0 Å². The molecule has 0 aliphatic heterocycles. The van der Waals surface area contributed by atoms with E-state index in [0.717, 1.165) is 25.1 Å². The van der Waals surface area contributed by atoms with Crippen molar-refractivity contribution in [3.05, 3.63) is 60.2 Å². The molecule has 0 aliphatic rings. The second kappa shape index (κ2) is 10.9. The summed E-state index contributed by atoms with van der Waals surface area (Å²) in [5.74, 6) is 1.20. The highest BCUT2D eigenvalue weighted by atomic mass is 16.5. The Morgan fingerprint density at radius 1 is 1.07 bits per heavy atom. The van der Waals surface area contributed by atoms with Gasteiger partial charge in [-0.2, -0.15) is 0 Å². The van der Waals surface area contributed by atoms with E-state index in [1.54, 1.807) is 20.3 Å². The molecule has 0 fully saturated rings. The molecular formula is C22H28N2O3. The lowest BCUT2D eigenvalue weighted by Crippen LogP contribution is -2.29. The van der Waals surface area contributed by atoms with Crippen molar-refractivity contribution in [3.63, 3.8) is 0 Å². The average Bonchev–Trinajstić information content (AvgIpc) is 2.72. The number of methoxy groups -OCH3 is 2. The van der Waals surface area contributed by atoms with Crippen molar-refractivity contribution in [2.75, 3.05) is 38.8 Å². The van der Waals surface area contributed by atoms with Gasteiger partial charge < -0.3 is 19.7 Å². The Morgan fingerprint density at radius 2 is 1.81 bits per heavy atom. The highest BCUT2D eigenvalue weighted by molar-refractivity contribution is 5.91. The molecule has 27 heavy (non-hydrogen) atoms. The number of ether oxygens (including phenoxy) is 2. The van der Waals surface area contributed by atoms with Crippen LogP contribution in [-0.4, -0.2) is 39.8 Å². The first-order valence-corrected chi connectivity index (χ1v) is 9.15. The van der Waals surface area contributed by atoms with Crippen molar-refractivity contribution in [1.82, 2.24) is 5.32 Å². The zero-order valence-electron chi connectivity index (χ0n) is 16.3. The van der Waals surface area contributed by atoms with E-state index in [9.17, 15) is 4.79 Å². The standard InChI is InChI=1S/C22H28N2O3/c1-4-24(19-9-6-5-7-10-19)16-8-15-23-22(25)14-12-18-11-13-20(26-2)21(17-18)27-3/h5-7,9-14,17H,4,8,15-16H2,1-3H3,(H,23,25). The van der Waals surface area contributed by atoms with Gasteiger partial charge in [-0.05, 0) is 49.2 Å². The van der Waals surface area contributed by atoms with Crippen molar-refractivity contribution in [1.29, 1.82) is 0 Å². The minimum atomic E-state index is -0.104. The first-order valence-electron chi connectivity index (χ1n) is 9.15. The Labute approximate surface area is 161 Å². The van der Waals surface area contributed by atoms with Crippen molar-refractivity contribution in [2.24, 2.45) is 0 Å². The summed E-state index contributed by atoms with van der Waals surface area (Å²) in [7, 11) is 3.19. The first-order chi connectivity index (χ1) is 13.2. The zero-order valence-corrected chi connectivity index (χ0v) is 16.3. The molecule has 0 saturated heterocycles. The number of hydrogen-bond donors (Lipinski definition) is 1. The van der Waals surface area contributed by atoms with Crippen LogP contribution < -0.4 is 19.7 Å². The summed E-state index contributed by atoms with van der Waals surface area (Å²) < 4.78 is 10.5. The molecule has 1 amide bonds. The monoisotopic (exact) mass is 368 g/mol. The van der Waals surface area contributed by atoms with Gasteiger partial charge in [0, 0.05) is 31.4 Å². The number of para-hydroxylation sites is 1. The second-order valence-electron chi connectivity index (χ2n) is 6.01. The summed E-state index contributed by atoms with van der Waals surface area (Å²) in [6.07, 6.45) is 4.19. The molecule has 0 unspecified atom stereocenters. The van der Waals surface area contributed by atoms with Gasteiger partial charge in [-0.3, -0.25) is 4.79 Å². The summed E-state index contributed by atoms with van der Waals surface area (Å²) in [5.41, 5.74) is 2.09. The van der Waals surface area contributed by atoms with E-state index in [-0.39, 0.29) is 5.91 Å². The van der Waals surface area contributed by atoms with Crippen LogP contribution in [0.5, 0.6) is 11.5 Å². The van der Waals surface area contributed by atoms with Crippen molar-refractivity contribution in [3.8, 4) is 11.5 Å². The fraction of sp³-hybridized carbons (Fsp3) is 0.318. The number of nitrogens with zero attached hydrogens (tertiary/aromatic N) is 1. The predicted molar refractivity (Wildman–Crippen MR) is 111 cm³/mol. The van der Waals surface area contributed by atoms with Gasteiger partial charge in [0.25, 0.3) is 0 Å². The molecule has 0 saturated carbocycles. The Balaban J connectivity index is 1.78. The Bertz CT molecular complexity index is 744. The molecule has 2 aromatic carbocycles. The van der Waals surface area contributed by atoms with Crippen molar-refractivity contribution in [2.45, 2.75) is 13.3 Å². The third-order valence-corrected chi connectivity index (χ3v) is 4.24. The van der Waals surface area contributed by atoms with E-state index in [1.165, 1.54) is 11.8 Å². The molecule has 0 atom stereocenters. The van der Waals surface area contributed by atoms with Gasteiger partial charge in [-0.1, -0.05) is 24.3 Å². The smallest absolute Gasteiger partial charge is 0.244 e. The summed E-state index contributed by atoms with van der Waals surface area (Å²) >= 11 is 0. The number of benzene rings is 2. The molecule has 0 radical (unpaired) electrons. The number of anilines is 1. The molecule has 5 heteroatoms. The molecule has 2 rings (SSSR count). The minimum absolute atomic E-state index is 0.104. The van der Waals surface area contributed by atoms with Crippen LogP contribution >= 0.6 is 0 Å². The fourth-order valence-corrected chi connectivity index (χ4v) is 2.78. The van der Waals surface area contributed by atoms with Gasteiger partial charge in [0.1, 0.15) is 0 Å². The van der Waals surface area contributed by atoms with Gasteiger partial charge in [0.05, 0.1) is 14.2 Å². The molecule has 0 aromatic heterocycles. The molecule has 0 heterocycles. The maximum absolute atomic E-state index is 12.0. The quantitative estimate of drug-likeness (QED) is 0.513. The molecular weight excluding hydrogens is 340 g/mol. The van der Waals surface area contributed by atoms with Crippen LogP contribution in [0.15, 0.2) is 54.6 Å². The van der Waals surface area contributed by atoms with Gasteiger partial charge in [-0.25, -0.2) is 0 Å². The molecule has 0 bridgehead atoms. The van der Waals surface area contributed by atoms with Crippen LogP contribution in [0.1, 0.15) is 18.9 Å². The zero-order chi connectivity index (χ0) is 19.5. The average molecular weight is 368 g/mol. The SMILES string of the molecule is CCN(CCCNC(=O)C=Cc1ccc(OC)c(OC)c1)c1ccccc1. The van der Waals surface area contributed by atoms with Crippen LogP contribution in [0, 0.1) is 0 Å². The van der Waals surface area contributed by atoms with E-state index in [0.29, 0.717) is 18.0 Å². The van der Waals surface area contributed by atoms with E-state index in [1.807, 2.05) is 36.4 Å². The summed E-state index contributed by atoms with van der Waals surface area (Å²) in [6.45, 7) is 4.62. The number of amides is 1. The third kappa shape index (κ3) is 6.37. The molecule has 0 spiro atoms. The van der Waals surface area contributed by atoms with E-state index in [2.05, 4.69) is 29.3 Å². The van der Waals surface area contributed by atoms with Crippen LogP contribution in [0.2, 0.25) is 0 Å². The molecule has 5 nitrogen and oxygen atoms in total. The van der Waals surface area contributed by atoms with Crippen molar-refractivity contribution >= 4 is 17.7 Å². The van der Waals surface area contributed by atoms with E-state index >= 15 is 0 Å². The highest BCUT2D eigenvalue weighted by Gasteiger charge is 2.04. The highest BCUT2D eigenvalue weighted by Crippen LogP contribution is 2.27. The van der Waals surface area contributed by atoms with E-state index in [4.69, 9.17) is 9.47 Å². The first kappa shape index (κ1) is 20.4. The third-order valence-electron chi connectivity index (χ3n) is 4.24. The maximum atomic E-state index is 12.0. The normalized spacial score (nSPS) is 10.6. The van der Waals surface area contributed by atoms with Gasteiger partial charge >= 0.3 is 0 Å². The summed E-state index contributed by atoms with van der Waals surface area (Å²) in [5, 5.41) is 2.93. The van der Waals surface area contributed by atoms with Crippen molar-refractivity contribution < 1.29 is 14.3 Å².